The van der Waals surface area contributed by atoms with E-state index in [1.54, 1.807) is 0 Å². The Morgan fingerprint density at radius 2 is 2.44 bits per heavy atom. The molecule has 4 unspecified atom stereocenters. The Labute approximate surface area is 60.3 Å². The molecule has 1 fully saturated rings. The van der Waals surface area contributed by atoms with Crippen LogP contribution in [0.4, 0.5) is 0 Å². The molecule has 54 valence electrons. The van der Waals surface area contributed by atoms with E-state index < -0.39 is 0 Å². The fourth-order valence-electron chi connectivity index (χ4n) is 0.701. The standard InChI is InChI=1S/C5H13NOP2/c1-4(5-3-7-5)6(2)9-8/h4-5,9H,3,8H2,1-2H3. The van der Waals surface area contributed by atoms with Crippen LogP contribution in [0.3, 0.4) is 0 Å². The second-order valence-electron chi connectivity index (χ2n) is 2.35. The van der Waals surface area contributed by atoms with Gasteiger partial charge >= 0.3 is 0 Å². The van der Waals surface area contributed by atoms with Crippen LogP contribution in [-0.2, 0) is 4.74 Å². The van der Waals surface area contributed by atoms with Crippen molar-refractivity contribution >= 4 is 17.3 Å². The Morgan fingerprint density at radius 3 is 2.78 bits per heavy atom. The lowest BCUT2D eigenvalue weighted by atomic mass is 10.3. The number of likely N-dealkylation sites (N-methyl/N-ethyl adjacent to an activating group) is 1. The van der Waals surface area contributed by atoms with Crippen LogP contribution in [0.25, 0.3) is 0 Å². The summed E-state index contributed by atoms with van der Waals surface area (Å²) in [5.74, 6) is 0. The molecule has 0 spiro atoms. The van der Waals surface area contributed by atoms with Crippen molar-refractivity contribution in [2.45, 2.75) is 19.1 Å². The normalized spacial score (nSPS) is 30.0. The van der Waals surface area contributed by atoms with Crippen molar-refractivity contribution in [1.29, 1.82) is 0 Å². The molecule has 0 aliphatic carbocycles. The Balaban J connectivity index is 2.22. The third-order valence-electron chi connectivity index (χ3n) is 1.71. The summed E-state index contributed by atoms with van der Waals surface area (Å²) in [5.41, 5.74) is 0. The van der Waals surface area contributed by atoms with Crippen molar-refractivity contribution in [2.75, 3.05) is 13.7 Å². The van der Waals surface area contributed by atoms with Crippen LogP contribution in [0.15, 0.2) is 0 Å². The van der Waals surface area contributed by atoms with Crippen molar-refractivity contribution in [1.82, 2.24) is 4.67 Å². The van der Waals surface area contributed by atoms with Gasteiger partial charge in [0.15, 0.2) is 0 Å². The lowest BCUT2D eigenvalue weighted by Crippen LogP contribution is -2.25. The van der Waals surface area contributed by atoms with Crippen LogP contribution in [-0.4, -0.2) is 30.5 Å². The first-order chi connectivity index (χ1) is 4.25. The maximum atomic E-state index is 5.15. The van der Waals surface area contributed by atoms with E-state index in [2.05, 4.69) is 27.6 Å². The highest BCUT2D eigenvalue weighted by molar-refractivity contribution is 8.01. The average Bonchev–Trinajstić information content (AvgIpc) is 2.66. The molecule has 0 aromatic carbocycles. The number of rotatable bonds is 3. The van der Waals surface area contributed by atoms with Gasteiger partial charge in [0, 0.05) is 6.04 Å². The molecule has 0 aromatic rings. The minimum absolute atomic E-state index is 0.517. The highest BCUT2D eigenvalue weighted by atomic mass is 32.0. The van der Waals surface area contributed by atoms with Gasteiger partial charge in [-0.25, -0.2) is 0 Å². The lowest BCUT2D eigenvalue weighted by Gasteiger charge is -2.19. The van der Waals surface area contributed by atoms with Crippen molar-refractivity contribution in [2.24, 2.45) is 0 Å². The summed E-state index contributed by atoms with van der Waals surface area (Å²) < 4.78 is 7.44. The van der Waals surface area contributed by atoms with Crippen molar-refractivity contribution < 1.29 is 4.74 Å². The number of epoxide rings is 1. The second-order valence-corrected chi connectivity index (χ2v) is 4.09. The molecule has 4 heteroatoms. The van der Waals surface area contributed by atoms with E-state index in [1.807, 2.05) is 0 Å². The smallest absolute Gasteiger partial charge is 0.0965 e. The molecule has 4 atom stereocenters. The zero-order valence-corrected chi connectivity index (χ0v) is 7.95. The molecule has 0 radical (unpaired) electrons. The zero-order chi connectivity index (χ0) is 6.85. The van der Waals surface area contributed by atoms with Gasteiger partial charge < -0.3 is 4.74 Å². The molecular formula is C5H13NOP2. The summed E-state index contributed by atoms with van der Waals surface area (Å²) in [6.07, 6.45) is 0.517. The highest BCUT2D eigenvalue weighted by Gasteiger charge is 2.31. The van der Waals surface area contributed by atoms with E-state index in [1.165, 1.54) is 0 Å². The lowest BCUT2D eigenvalue weighted by molar-refractivity contribution is 0.308. The van der Waals surface area contributed by atoms with Gasteiger partial charge in [-0.1, -0.05) is 8.93 Å². The molecule has 1 rings (SSSR count). The van der Waals surface area contributed by atoms with Crippen LogP contribution < -0.4 is 0 Å². The van der Waals surface area contributed by atoms with Gasteiger partial charge in [-0.3, -0.25) is 4.67 Å². The largest absolute Gasteiger partial charge is 0.371 e. The number of hydrogen-bond acceptors (Lipinski definition) is 2. The van der Waals surface area contributed by atoms with Gasteiger partial charge in [0.1, 0.15) is 0 Å². The summed E-state index contributed by atoms with van der Waals surface area (Å²) >= 11 is 0. The molecule has 0 bridgehead atoms. The average molecular weight is 165 g/mol. The summed E-state index contributed by atoms with van der Waals surface area (Å²) in [5, 5.41) is 0. The topological polar surface area (TPSA) is 15.8 Å². The van der Waals surface area contributed by atoms with E-state index in [4.69, 9.17) is 4.74 Å². The van der Waals surface area contributed by atoms with Gasteiger partial charge in [0.25, 0.3) is 0 Å². The van der Waals surface area contributed by atoms with E-state index in [-0.39, 0.29) is 0 Å². The summed E-state index contributed by atoms with van der Waals surface area (Å²) in [4.78, 5) is 0. The predicted molar refractivity (Wildman–Crippen MR) is 45.0 cm³/mol. The second kappa shape index (κ2) is 3.25. The van der Waals surface area contributed by atoms with Crippen LogP contribution in [0.5, 0.6) is 0 Å². The van der Waals surface area contributed by atoms with Crippen LogP contribution in [0, 0.1) is 0 Å². The summed E-state index contributed by atoms with van der Waals surface area (Å²) in [6.45, 7) is 3.16. The first-order valence-corrected chi connectivity index (χ1v) is 5.82. The van der Waals surface area contributed by atoms with Crippen LogP contribution >= 0.6 is 17.3 Å². The van der Waals surface area contributed by atoms with Crippen molar-refractivity contribution in [3.05, 3.63) is 0 Å². The van der Waals surface area contributed by atoms with Gasteiger partial charge in [0.05, 0.1) is 12.7 Å². The first kappa shape index (κ1) is 7.88. The van der Waals surface area contributed by atoms with E-state index in [0.29, 0.717) is 12.1 Å². The maximum Gasteiger partial charge on any atom is 0.0965 e. The minimum Gasteiger partial charge on any atom is -0.371 e. The van der Waals surface area contributed by atoms with Crippen molar-refractivity contribution in [3.63, 3.8) is 0 Å². The first-order valence-electron chi connectivity index (χ1n) is 3.06. The van der Waals surface area contributed by atoms with Gasteiger partial charge in [-0.2, -0.15) is 0 Å². The highest BCUT2D eigenvalue weighted by Crippen LogP contribution is 2.31. The number of ether oxygens (including phenoxy) is 1. The maximum absolute atomic E-state index is 5.15. The van der Waals surface area contributed by atoms with Crippen molar-refractivity contribution in [3.8, 4) is 0 Å². The number of hydrogen-bond donors (Lipinski definition) is 0. The predicted octanol–water partition coefficient (Wildman–Crippen LogP) is 1.09. The van der Waals surface area contributed by atoms with Crippen LogP contribution in [0.1, 0.15) is 6.92 Å². The molecule has 1 aliphatic rings. The molecule has 0 aromatic heterocycles. The Kier molecular flexibility index (Phi) is 2.85. The fraction of sp³-hybridized carbons (Fsp3) is 1.00. The zero-order valence-electron chi connectivity index (χ0n) is 5.79. The molecule has 9 heavy (non-hydrogen) atoms. The molecule has 0 N–H and O–H groups in total. The third-order valence-corrected chi connectivity index (χ3v) is 3.75. The van der Waals surface area contributed by atoms with Gasteiger partial charge in [-0.15, -0.1) is 0 Å². The van der Waals surface area contributed by atoms with Gasteiger partial charge in [-0.05, 0) is 22.4 Å². The minimum atomic E-state index is 0.517. The Morgan fingerprint density at radius 1 is 1.89 bits per heavy atom. The van der Waals surface area contributed by atoms with Crippen LogP contribution in [0.2, 0.25) is 0 Å². The fourth-order valence-corrected chi connectivity index (χ4v) is 1.81. The monoisotopic (exact) mass is 165 g/mol. The summed E-state index contributed by atoms with van der Waals surface area (Å²) in [7, 11) is 5.67. The third kappa shape index (κ3) is 2.13. The van der Waals surface area contributed by atoms with E-state index in [9.17, 15) is 0 Å². The Bertz CT molecular complexity index is 97.0. The molecular weight excluding hydrogens is 152 g/mol. The molecule has 0 amide bonds. The molecule has 1 aliphatic heterocycles. The summed E-state index contributed by atoms with van der Waals surface area (Å²) in [6, 6.07) is 0.598. The molecule has 0 saturated carbocycles. The molecule has 2 nitrogen and oxygen atoms in total. The SMILES string of the molecule is CC(C1CO1)N(C)PP. The van der Waals surface area contributed by atoms with E-state index >= 15 is 0 Å². The quantitative estimate of drug-likeness (QED) is 0.459. The Hall–Kier alpha value is 0.780. The number of nitrogens with zero attached hydrogens (tertiary/aromatic N) is 1. The molecule has 1 heterocycles. The van der Waals surface area contributed by atoms with Gasteiger partial charge in [0.2, 0.25) is 0 Å². The van der Waals surface area contributed by atoms with E-state index in [0.717, 1.165) is 15.0 Å². The molecule has 1 saturated heterocycles.